The van der Waals surface area contributed by atoms with E-state index in [0.717, 1.165) is 20.3 Å². The van der Waals surface area contributed by atoms with Crippen molar-refractivity contribution in [2.24, 2.45) is 0 Å². The van der Waals surface area contributed by atoms with Gasteiger partial charge in [-0.3, -0.25) is 23.6 Å². The first-order chi connectivity index (χ1) is 16.5. The van der Waals surface area contributed by atoms with E-state index < -0.39 is 5.69 Å². The van der Waals surface area contributed by atoms with Crippen molar-refractivity contribution in [3.63, 3.8) is 0 Å². The van der Waals surface area contributed by atoms with Crippen molar-refractivity contribution in [1.82, 2.24) is 14.1 Å². The van der Waals surface area contributed by atoms with Crippen LogP contribution in [-0.4, -0.2) is 20.0 Å². The van der Waals surface area contributed by atoms with Crippen molar-refractivity contribution in [3.8, 4) is 0 Å². The summed E-state index contributed by atoms with van der Waals surface area (Å²) in [6.07, 6.45) is 0. The quantitative estimate of drug-likeness (QED) is 0.380. The molecular formula is C26H22N4O3S. The topological polar surface area (TPSA) is 77.2 Å². The van der Waals surface area contributed by atoms with Crippen LogP contribution in [0.25, 0.3) is 21.1 Å². The van der Waals surface area contributed by atoms with Crippen LogP contribution < -0.4 is 16.1 Å². The summed E-state index contributed by atoms with van der Waals surface area (Å²) in [5.41, 5.74) is 1.99. The van der Waals surface area contributed by atoms with Crippen LogP contribution in [0.4, 0.5) is 10.8 Å². The number of hydrogen-bond donors (Lipinski definition) is 0. The maximum atomic E-state index is 13.9. The number of nitrogens with zero attached hydrogens (tertiary/aromatic N) is 4. The molecule has 0 spiro atoms. The second-order valence-electron chi connectivity index (χ2n) is 7.92. The van der Waals surface area contributed by atoms with Crippen molar-refractivity contribution in [2.45, 2.75) is 26.9 Å². The number of carbonyl (C=O) groups is 1. The fourth-order valence-electron chi connectivity index (χ4n) is 4.12. The van der Waals surface area contributed by atoms with Gasteiger partial charge in [0.05, 0.1) is 26.8 Å². The highest BCUT2D eigenvalue weighted by Crippen LogP contribution is 2.35. The fourth-order valence-corrected chi connectivity index (χ4v) is 5.12. The third kappa shape index (κ3) is 3.62. The Hall–Kier alpha value is -4.04. The molecule has 0 aliphatic rings. The molecule has 8 heteroatoms. The molecule has 0 unspecified atom stereocenters. The minimum atomic E-state index is -0.506. The molecular weight excluding hydrogens is 448 g/mol. The lowest BCUT2D eigenvalue weighted by Crippen LogP contribution is -2.42. The Labute approximate surface area is 199 Å². The minimum absolute atomic E-state index is 0.218. The van der Waals surface area contributed by atoms with Gasteiger partial charge in [0.2, 0.25) is 0 Å². The molecule has 0 N–H and O–H groups in total. The molecule has 1 amide bonds. The number of para-hydroxylation sites is 3. The molecule has 7 nitrogen and oxygen atoms in total. The van der Waals surface area contributed by atoms with Gasteiger partial charge in [-0.05, 0) is 49.7 Å². The second kappa shape index (κ2) is 8.72. The van der Waals surface area contributed by atoms with Crippen molar-refractivity contribution in [1.29, 1.82) is 0 Å². The van der Waals surface area contributed by atoms with Gasteiger partial charge < -0.3 is 0 Å². The third-order valence-electron chi connectivity index (χ3n) is 5.82. The fraction of sp³-hybridized carbons (Fsp3) is 0.154. The van der Waals surface area contributed by atoms with Crippen molar-refractivity contribution >= 4 is 49.2 Å². The average molecular weight is 471 g/mol. The maximum Gasteiger partial charge on any atom is 0.331 e. The number of thiazole rings is 1. The maximum absolute atomic E-state index is 13.9. The van der Waals surface area contributed by atoms with E-state index in [9.17, 15) is 14.4 Å². The molecule has 170 valence electrons. The summed E-state index contributed by atoms with van der Waals surface area (Å²) in [5, 5.41) is 0.931. The normalized spacial score (nSPS) is 11.2. The Bertz CT molecular complexity index is 1630. The van der Waals surface area contributed by atoms with E-state index >= 15 is 0 Å². The predicted molar refractivity (Wildman–Crippen MR) is 136 cm³/mol. The van der Waals surface area contributed by atoms with Gasteiger partial charge in [-0.1, -0.05) is 53.8 Å². The van der Waals surface area contributed by atoms with E-state index in [1.165, 1.54) is 15.9 Å². The first-order valence-electron chi connectivity index (χ1n) is 11.0. The van der Waals surface area contributed by atoms with Gasteiger partial charge in [0.25, 0.3) is 11.5 Å². The SMILES string of the molecule is CCn1c(=O)c2ccccc2n(CC(=O)N(c2nc3ccccc3s2)c2ccccc2C)c1=O. The van der Waals surface area contributed by atoms with E-state index in [1.54, 1.807) is 36.1 Å². The monoisotopic (exact) mass is 470 g/mol. The molecule has 34 heavy (non-hydrogen) atoms. The summed E-state index contributed by atoms with van der Waals surface area (Å²) < 4.78 is 3.50. The van der Waals surface area contributed by atoms with Crippen LogP contribution in [-0.2, 0) is 17.9 Å². The lowest BCUT2D eigenvalue weighted by molar-refractivity contribution is -0.118. The highest BCUT2D eigenvalue weighted by atomic mass is 32.1. The highest BCUT2D eigenvalue weighted by Gasteiger charge is 2.25. The molecule has 5 rings (SSSR count). The van der Waals surface area contributed by atoms with Crippen molar-refractivity contribution in [2.75, 3.05) is 4.90 Å². The molecule has 2 heterocycles. The van der Waals surface area contributed by atoms with Gasteiger partial charge in [-0.2, -0.15) is 0 Å². The third-order valence-corrected chi connectivity index (χ3v) is 6.84. The first kappa shape index (κ1) is 21.8. The Balaban J connectivity index is 1.68. The second-order valence-corrected chi connectivity index (χ2v) is 8.92. The zero-order valence-corrected chi connectivity index (χ0v) is 19.6. The van der Waals surface area contributed by atoms with Crippen LogP contribution >= 0.6 is 11.3 Å². The van der Waals surface area contributed by atoms with Gasteiger partial charge in [0.1, 0.15) is 6.54 Å². The molecule has 0 aliphatic heterocycles. The van der Waals surface area contributed by atoms with Crippen molar-refractivity contribution in [3.05, 3.63) is 99.2 Å². The number of aromatic nitrogens is 3. The summed E-state index contributed by atoms with van der Waals surface area (Å²) in [5.74, 6) is -0.318. The van der Waals surface area contributed by atoms with Crippen LogP contribution in [0, 0.1) is 6.92 Å². The summed E-state index contributed by atoms with van der Waals surface area (Å²) in [7, 11) is 0. The molecule has 0 bridgehead atoms. The number of benzene rings is 3. The van der Waals surface area contributed by atoms with Gasteiger partial charge in [0.15, 0.2) is 5.13 Å². The van der Waals surface area contributed by atoms with Crippen LogP contribution in [0.1, 0.15) is 12.5 Å². The van der Waals surface area contributed by atoms with E-state index in [0.29, 0.717) is 21.7 Å². The minimum Gasteiger partial charge on any atom is -0.284 e. The number of rotatable bonds is 5. The lowest BCUT2D eigenvalue weighted by Gasteiger charge is -2.23. The zero-order valence-electron chi connectivity index (χ0n) is 18.8. The first-order valence-corrected chi connectivity index (χ1v) is 11.8. The highest BCUT2D eigenvalue weighted by molar-refractivity contribution is 7.22. The average Bonchev–Trinajstić information content (AvgIpc) is 3.27. The number of aryl methyl sites for hydroxylation is 1. The largest absolute Gasteiger partial charge is 0.331 e. The van der Waals surface area contributed by atoms with Gasteiger partial charge in [0, 0.05) is 6.54 Å². The Morgan fingerprint density at radius 2 is 1.65 bits per heavy atom. The number of amides is 1. The Kier molecular flexibility index (Phi) is 5.59. The number of carbonyl (C=O) groups excluding carboxylic acids is 1. The summed E-state index contributed by atoms with van der Waals surface area (Å²) in [6, 6.07) is 22.2. The predicted octanol–water partition coefficient (Wildman–Crippen LogP) is 4.47. The summed E-state index contributed by atoms with van der Waals surface area (Å²) in [6.45, 7) is 3.66. The van der Waals surface area contributed by atoms with Crippen LogP contribution in [0.15, 0.2) is 82.4 Å². The Morgan fingerprint density at radius 3 is 2.41 bits per heavy atom. The Morgan fingerprint density at radius 1 is 0.941 bits per heavy atom. The number of anilines is 2. The van der Waals surface area contributed by atoms with E-state index in [2.05, 4.69) is 0 Å². The molecule has 0 saturated heterocycles. The van der Waals surface area contributed by atoms with Crippen molar-refractivity contribution < 1.29 is 4.79 Å². The molecule has 0 fully saturated rings. The standard InChI is InChI=1S/C26H22N4O3S/c1-3-28-24(32)18-11-5-8-14-21(18)29(26(28)33)16-23(31)30(20-13-7-4-10-17(20)2)25-27-19-12-6-9-15-22(19)34-25/h4-15H,3,16H2,1-2H3. The van der Waals surface area contributed by atoms with Gasteiger partial charge in [-0.15, -0.1) is 0 Å². The molecule has 0 atom stereocenters. The van der Waals surface area contributed by atoms with Crippen LogP contribution in [0.5, 0.6) is 0 Å². The molecule has 3 aromatic carbocycles. The van der Waals surface area contributed by atoms with Crippen LogP contribution in [0.3, 0.4) is 0 Å². The lowest BCUT2D eigenvalue weighted by atomic mass is 10.2. The van der Waals surface area contributed by atoms with Gasteiger partial charge in [-0.25, -0.2) is 9.78 Å². The van der Waals surface area contributed by atoms with E-state index in [4.69, 9.17) is 4.98 Å². The molecule has 2 aromatic heterocycles. The molecule has 0 radical (unpaired) electrons. The molecule has 0 saturated carbocycles. The molecule has 5 aromatic rings. The molecule has 0 aliphatic carbocycles. The smallest absolute Gasteiger partial charge is 0.284 e. The van der Waals surface area contributed by atoms with Gasteiger partial charge >= 0.3 is 5.69 Å². The summed E-state index contributed by atoms with van der Waals surface area (Å²) in [4.78, 5) is 46.1. The summed E-state index contributed by atoms with van der Waals surface area (Å²) >= 11 is 1.42. The van der Waals surface area contributed by atoms with Crippen LogP contribution in [0.2, 0.25) is 0 Å². The number of hydrogen-bond acceptors (Lipinski definition) is 5. The van der Waals surface area contributed by atoms with E-state index in [1.807, 2.05) is 55.5 Å². The number of fused-ring (bicyclic) bond motifs is 2. The van der Waals surface area contributed by atoms with E-state index in [-0.39, 0.29) is 24.6 Å². The zero-order chi connectivity index (χ0) is 23.8.